The standard InChI is InChI=1S/C12H18Br2N2O3S/c1-12(2,3-4-17)7-16-20(18,19)11-9(14)5-8(13)6-10(11)15/h5-6,16-17H,3-4,7,15H2,1-2H3. The molecule has 0 aromatic heterocycles. The Morgan fingerprint density at radius 2 is 1.95 bits per heavy atom. The van der Waals surface area contributed by atoms with Crippen molar-refractivity contribution in [3.8, 4) is 0 Å². The summed E-state index contributed by atoms with van der Waals surface area (Å²) in [4.78, 5) is 0.0282. The van der Waals surface area contributed by atoms with E-state index in [-0.39, 0.29) is 29.1 Å². The van der Waals surface area contributed by atoms with Gasteiger partial charge in [-0.1, -0.05) is 29.8 Å². The van der Waals surface area contributed by atoms with Crippen molar-refractivity contribution >= 4 is 47.6 Å². The molecule has 1 rings (SSSR count). The highest BCUT2D eigenvalue weighted by Gasteiger charge is 2.25. The first-order chi connectivity index (χ1) is 9.09. The third-order valence-corrected chi connectivity index (χ3v) is 5.70. The van der Waals surface area contributed by atoms with Crippen LogP contribution < -0.4 is 10.5 Å². The Bertz CT molecular complexity index is 565. The number of aliphatic hydroxyl groups excluding tert-OH is 1. The van der Waals surface area contributed by atoms with Crippen LogP contribution in [-0.2, 0) is 10.0 Å². The molecule has 0 aliphatic carbocycles. The molecule has 0 heterocycles. The number of halogens is 2. The van der Waals surface area contributed by atoms with Crippen LogP contribution in [0.25, 0.3) is 0 Å². The van der Waals surface area contributed by atoms with E-state index in [1.807, 2.05) is 13.8 Å². The molecule has 114 valence electrons. The lowest BCUT2D eigenvalue weighted by Crippen LogP contribution is -2.35. The first-order valence-corrected chi connectivity index (χ1v) is 9.01. The lowest BCUT2D eigenvalue weighted by Gasteiger charge is -2.24. The van der Waals surface area contributed by atoms with Crippen LogP contribution >= 0.6 is 31.9 Å². The summed E-state index contributed by atoms with van der Waals surface area (Å²) in [5.74, 6) is 0. The molecular formula is C12H18Br2N2O3S. The summed E-state index contributed by atoms with van der Waals surface area (Å²) in [6, 6.07) is 3.17. The average molecular weight is 430 g/mol. The molecule has 8 heteroatoms. The zero-order valence-corrected chi connectivity index (χ0v) is 15.3. The molecule has 0 spiro atoms. The van der Waals surface area contributed by atoms with E-state index < -0.39 is 10.0 Å². The fraction of sp³-hybridized carbons (Fsp3) is 0.500. The first-order valence-electron chi connectivity index (χ1n) is 5.94. The van der Waals surface area contributed by atoms with Gasteiger partial charge in [0.2, 0.25) is 10.0 Å². The lowest BCUT2D eigenvalue weighted by molar-refractivity contribution is 0.213. The summed E-state index contributed by atoms with van der Waals surface area (Å²) < 4.78 is 28.3. The van der Waals surface area contributed by atoms with Gasteiger partial charge in [-0.25, -0.2) is 13.1 Å². The first kappa shape index (κ1) is 17.9. The lowest BCUT2D eigenvalue weighted by atomic mass is 9.90. The molecule has 20 heavy (non-hydrogen) atoms. The minimum atomic E-state index is -3.71. The maximum absolute atomic E-state index is 12.3. The molecule has 5 nitrogen and oxygen atoms in total. The van der Waals surface area contributed by atoms with Gasteiger partial charge in [0.15, 0.2) is 0 Å². The summed E-state index contributed by atoms with van der Waals surface area (Å²) in [5, 5.41) is 8.96. The largest absolute Gasteiger partial charge is 0.398 e. The molecule has 0 saturated carbocycles. The number of hydrogen-bond donors (Lipinski definition) is 3. The van der Waals surface area contributed by atoms with E-state index in [0.717, 1.165) is 0 Å². The highest BCUT2D eigenvalue weighted by molar-refractivity contribution is 9.11. The highest BCUT2D eigenvalue weighted by atomic mass is 79.9. The summed E-state index contributed by atoms with van der Waals surface area (Å²) in [6.45, 7) is 3.99. The maximum Gasteiger partial charge on any atom is 0.243 e. The number of sulfonamides is 1. The molecule has 0 amide bonds. The van der Waals surface area contributed by atoms with Gasteiger partial charge in [0.05, 0.1) is 5.69 Å². The zero-order valence-electron chi connectivity index (χ0n) is 11.3. The quantitative estimate of drug-likeness (QED) is 0.605. The van der Waals surface area contributed by atoms with E-state index in [1.54, 1.807) is 6.07 Å². The molecule has 0 unspecified atom stereocenters. The summed E-state index contributed by atoms with van der Waals surface area (Å²) >= 11 is 6.47. The minimum Gasteiger partial charge on any atom is -0.398 e. The monoisotopic (exact) mass is 428 g/mol. The summed E-state index contributed by atoms with van der Waals surface area (Å²) in [6.07, 6.45) is 0.506. The Labute approximate surface area is 136 Å². The van der Waals surface area contributed by atoms with Crippen LogP contribution in [0.4, 0.5) is 5.69 Å². The number of anilines is 1. The second-order valence-electron chi connectivity index (χ2n) is 5.27. The van der Waals surface area contributed by atoms with Crippen molar-refractivity contribution in [1.82, 2.24) is 4.72 Å². The summed E-state index contributed by atoms with van der Waals surface area (Å²) in [5.41, 5.74) is 5.62. The van der Waals surface area contributed by atoms with Crippen LogP contribution in [0.1, 0.15) is 20.3 Å². The number of aliphatic hydroxyl groups is 1. The number of nitrogens with one attached hydrogen (secondary N) is 1. The SMILES string of the molecule is CC(C)(CCO)CNS(=O)(=O)c1c(N)cc(Br)cc1Br. The van der Waals surface area contributed by atoms with Gasteiger partial charge < -0.3 is 10.8 Å². The van der Waals surface area contributed by atoms with E-state index >= 15 is 0 Å². The molecule has 0 fully saturated rings. The number of benzene rings is 1. The van der Waals surface area contributed by atoms with Gasteiger partial charge in [-0.15, -0.1) is 0 Å². The highest BCUT2D eigenvalue weighted by Crippen LogP contribution is 2.32. The second-order valence-corrected chi connectivity index (χ2v) is 8.74. The van der Waals surface area contributed by atoms with E-state index in [9.17, 15) is 8.42 Å². The Kier molecular flexibility index (Phi) is 6.03. The molecule has 0 bridgehead atoms. The van der Waals surface area contributed by atoms with Crippen LogP contribution in [0.3, 0.4) is 0 Å². The van der Waals surface area contributed by atoms with Crippen molar-refractivity contribution in [2.75, 3.05) is 18.9 Å². The average Bonchev–Trinajstić information content (AvgIpc) is 2.24. The van der Waals surface area contributed by atoms with Crippen molar-refractivity contribution in [3.63, 3.8) is 0 Å². The predicted octanol–water partition coefficient (Wildman–Crippen LogP) is 2.48. The molecular weight excluding hydrogens is 412 g/mol. The van der Waals surface area contributed by atoms with Crippen LogP contribution in [0.15, 0.2) is 26.0 Å². The van der Waals surface area contributed by atoms with Crippen molar-refractivity contribution in [3.05, 3.63) is 21.1 Å². The van der Waals surface area contributed by atoms with Crippen LogP contribution in [0, 0.1) is 5.41 Å². The smallest absolute Gasteiger partial charge is 0.243 e. The number of nitrogen functional groups attached to an aromatic ring is 1. The van der Waals surface area contributed by atoms with Crippen LogP contribution in [0.5, 0.6) is 0 Å². The van der Waals surface area contributed by atoms with Gasteiger partial charge in [-0.05, 0) is 39.9 Å². The Morgan fingerprint density at radius 3 is 2.45 bits per heavy atom. The van der Waals surface area contributed by atoms with Crippen molar-refractivity contribution in [2.24, 2.45) is 5.41 Å². The topological polar surface area (TPSA) is 92.4 Å². The molecule has 0 radical (unpaired) electrons. The molecule has 1 aromatic carbocycles. The summed E-state index contributed by atoms with van der Waals surface area (Å²) in [7, 11) is -3.71. The normalized spacial score (nSPS) is 12.7. The molecule has 4 N–H and O–H groups in total. The van der Waals surface area contributed by atoms with Crippen molar-refractivity contribution in [1.29, 1.82) is 0 Å². The molecule has 1 aromatic rings. The Hall–Kier alpha value is -0.150. The molecule has 0 saturated heterocycles. The molecule has 0 aliphatic heterocycles. The van der Waals surface area contributed by atoms with E-state index in [2.05, 4.69) is 36.6 Å². The molecule has 0 aliphatic rings. The van der Waals surface area contributed by atoms with Crippen LogP contribution in [-0.4, -0.2) is 26.7 Å². The van der Waals surface area contributed by atoms with Gasteiger partial charge in [-0.2, -0.15) is 0 Å². The van der Waals surface area contributed by atoms with Crippen LogP contribution in [0.2, 0.25) is 0 Å². The fourth-order valence-electron chi connectivity index (χ4n) is 1.62. The van der Waals surface area contributed by atoms with E-state index in [4.69, 9.17) is 10.8 Å². The van der Waals surface area contributed by atoms with Gasteiger partial charge >= 0.3 is 0 Å². The minimum absolute atomic E-state index is 0.0127. The second kappa shape index (κ2) is 6.74. The van der Waals surface area contributed by atoms with E-state index in [1.165, 1.54) is 6.07 Å². The molecule has 0 atom stereocenters. The number of hydrogen-bond acceptors (Lipinski definition) is 4. The Balaban J connectivity index is 3.01. The number of nitrogens with two attached hydrogens (primary N) is 1. The Morgan fingerprint density at radius 1 is 1.35 bits per heavy atom. The van der Waals surface area contributed by atoms with Gasteiger partial charge in [-0.3, -0.25) is 0 Å². The predicted molar refractivity (Wildman–Crippen MR) is 86.9 cm³/mol. The van der Waals surface area contributed by atoms with Crippen molar-refractivity contribution in [2.45, 2.75) is 25.2 Å². The van der Waals surface area contributed by atoms with E-state index in [0.29, 0.717) is 15.4 Å². The van der Waals surface area contributed by atoms with Gasteiger partial charge in [0, 0.05) is 22.1 Å². The van der Waals surface area contributed by atoms with Gasteiger partial charge in [0.1, 0.15) is 4.90 Å². The van der Waals surface area contributed by atoms with Crippen molar-refractivity contribution < 1.29 is 13.5 Å². The third kappa shape index (κ3) is 4.70. The third-order valence-electron chi connectivity index (χ3n) is 2.84. The zero-order chi connectivity index (χ0) is 15.6. The fourth-order valence-corrected chi connectivity index (χ4v) is 4.92. The maximum atomic E-state index is 12.3. The number of rotatable bonds is 6. The van der Waals surface area contributed by atoms with Gasteiger partial charge in [0.25, 0.3) is 0 Å².